The van der Waals surface area contributed by atoms with Crippen molar-refractivity contribution in [2.45, 2.75) is 24.5 Å². The van der Waals surface area contributed by atoms with Gasteiger partial charge in [0.25, 0.3) is 0 Å². The highest BCUT2D eigenvalue weighted by Crippen LogP contribution is 2.50. The van der Waals surface area contributed by atoms with Crippen molar-refractivity contribution in [2.24, 2.45) is 29.4 Å². The minimum absolute atomic E-state index is 0.00667. The van der Waals surface area contributed by atoms with E-state index in [4.69, 9.17) is 5.73 Å². The average molecular weight is 459 g/mol. The van der Waals surface area contributed by atoms with E-state index >= 15 is 0 Å². The maximum atomic E-state index is 14.8. The van der Waals surface area contributed by atoms with Crippen LogP contribution in [0.25, 0.3) is 0 Å². The van der Waals surface area contributed by atoms with Crippen molar-refractivity contribution in [1.82, 2.24) is 4.90 Å². The second-order valence-corrected chi connectivity index (χ2v) is 9.60. The standard InChI is InChI=1S/C23H26FN3O6/c1-26(2)13-6-5-12(24)15-10(13)7-9-8-11-17(27(3)4)19(29)16(22(25)32)21(31)23(11,33)20(30)14(9)18(15)28/h5-6,9,11,14,16-17,33H,7-8H2,1-4H3,(H2,25,32). The van der Waals surface area contributed by atoms with Crippen molar-refractivity contribution in [1.29, 1.82) is 0 Å². The number of anilines is 1. The highest BCUT2D eigenvalue weighted by Gasteiger charge is 2.69. The summed E-state index contributed by atoms with van der Waals surface area (Å²) in [5, 5.41) is 11.5. The van der Waals surface area contributed by atoms with Crippen molar-refractivity contribution in [3.05, 3.63) is 29.1 Å². The van der Waals surface area contributed by atoms with Gasteiger partial charge in [0.1, 0.15) is 5.82 Å². The molecule has 6 atom stereocenters. The van der Waals surface area contributed by atoms with Gasteiger partial charge < -0.3 is 15.7 Å². The number of halogens is 1. The topological polar surface area (TPSA) is 138 Å². The van der Waals surface area contributed by atoms with Crippen LogP contribution in [0, 0.1) is 29.5 Å². The average Bonchev–Trinajstić information content (AvgIpc) is 2.70. The third-order valence-electron chi connectivity index (χ3n) is 7.37. The van der Waals surface area contributed by atoms with Crippen molar-refractivity contribution < 1.29 is 33.5 Å². The Hall–Kier alpha value is -2.98. The Morgan fingerprint density at radius 1 is 1.12 bits per heavy atom. The quantitative estimate of drug-likeness (QED) is 0.570. The number of likely N-dealkylation sites (N-methyl/N-ethyl adjacent to an activating group) is 1. The maximum absolute atomic E-state index is 14.8. The first-order valence-electron chi connectivity index (χ1n) is 10.7. The molecule has 2 fully saturated rings. The Morgan fingerprint density at radius 2 is 1.76 bits per heavy atom. The Labute approximate surface area is 189 Å². The molecule has 0 saturated heterocycles. The van der Waals surface area contributed by atoms with Gasteiger partial charge in [0, 0.05) is 25.7 Å². The van der Waals surface area contributed by atoms with Crippen LogP contribution in [0.1, 0.15) is 22.3 Å². The molecular formula is C23H26FN3O6. The summed E-state index contributed by atoms with van der Waals surface area (Å²) in [7, 11) is 6.57. The van der Waals surface area contributed by atoms with Crippen LogP contribution in [-0.4, -0.2) is 78.9 Å². The fourth-order valence-corrected chi connectivity index (χ4v) is 5.98. The predicted octanol–water partition coefficient (Wildman–Crippen LogP) is -0.633. The highest BCUT2D eigenvalue weighted by atomic mass is 19.1. The van der Waals surface area contributed by atoms with Crippen LogP contribution in [0.4, 0.5) is 10.1 Å². The summed E-state index contributed by atoms with van der Waals surface area (Å²) in [4.78, 5) is 68.3. The number of hydrogen-bond donors (Lipinski definition) is 2. The monoisotopic (exact) mass is 459 g/mol. The van der Waals surface area contributed by atoms with Crippen LogP contribution in [-0.2, 0) is 25.6 Å². The number of rotatable bonds is 3. The van der Waals surface area contributed by atoms with Gasteiger partial charge in [-0.25, -0.2) is 4.39 Å². The summed E-state index contributed by atoms with van der Waals surface area (Å²) in [5.41, 5.74) is 3.39. The Bertz CT molecular complexity index is 1120. The van der Waals surface area contributed by atoms with Gasteiger partial charge >= 0.3 is 0 Å². The van der Waals surface area contributed by atoms with Crippen LogP contribution in [0.3, 0.4) is 0 Å². The zero-order valence-corrected chi connectivity index (χ0v) is 18.8. The van der Waals surface area contributed by atoms with E-state index in [-0.39, 0.29) is 18.4 Å². The number of carbonyl (C=O) groups is 5. The molecule has 176 valence electrons. The number of ketones is 4. The minimum Gasteiger partial charge on any atom is -0.377 e. The second kappa shape index (κ2) is 7.53. The summed E-state index contributed by atoms with van der Waals surface area (Å²) in [6.45, 7) is 0. The van der Waals surface area contributed by atoms with E-state index in [2.05, 4.69) is 0 Å². The van der Waals surface area contributed by atoms with Gasteiger partial charge in [-0.1, -0.05) is 0 Å². The number of carbonyl (C=O) groups excluding carboxylic acids is 5. The summed E-state index contributed by atoms with van der Waals surface area (Å²) in [5.74, 6) is -11.3. The van der Waals surface area contributed by atoms with Crippen molar-refractivity contribution in [2.75, 3.05) is 33.1 Å². The molecule has 33 heavy (non-hydrogen) atoms. The number of nitrogens with two attached hydrogens (primary N) is 1. The fraction of sp³-hybridized carbons (Fsp3) is 0.522. The van der Waals surface area contributed by atoms with Gasteiger partial charge in [-0.3, -0.25) is 28.9 Å². The van der Waals surface area contributed by atoms with Gasteiger partial charge in [0.05, 0.1) is 17.5 Å². The van der Waals surface area contributed by atoms with E-state index < -0.39 is 70.2 Å². The number of nitrogens with zero attached hydrogens (tertiary/aromatic N) is 2. The molecule has 3 aliphatic rings. The maximum Gasteiger partial charge on any atom is 0.235 e. The van der Waals surface area contributed by atoms with E-state index in [0.29, 0.717) is 11.3 Å². The smallest absolute Gasteiger partial charge is 0.235 e. The number of amides is 1. The van der Waals surface area contributed by atoms with Crippen LogP contribution in [0.5, 0.6) is 0 Å². The number of aliphatic hydroxyl groups is 1. The second-order valence-electron chi connectivity index (χ2n) is 9.60. The van der Waals surface area contributed by atoms with E-state index in [1.807, 2.05) is 0 Å². The number of fused-ring (bicyclic) bond motifs is 3. The summed E-state index contributed by atoms with van der Waals surface area (Å²) < 4.78 is 14.8. The molecule has 0 heterocycles. The third-order valence-corrected chi connectivity index (χ3v) is 7.37. The molecule has 10 heteroatoms. The fourth-order valence-electron chi connectivity index (χ4n) is 5.98. The van der Waals surface area contributed by atoms with Crippen molar-refractivity contribution >= 4 is 34.7 Å². The molecule has 0 radical (unpaired) electrons. The molecule has 6 unspecified atom stereocenters. The molecule has 1 amide bonds. The normalized spacial score (nSPS) is 33.5. The molecular weight excluding hydrogens is 433 g/mol. The molecule has 3 aliphatic carbocycles. The minimum atomic E-state index is -2.74. The molecule has 2 saturated carbocycles. The largest absolute Gasteiger partial charge is 0.377 e. The zero-order valence-electron chi connectivity index (χ0n) is 18.8. The summed E-state index contributed by atoms with van der Waals surface area (Å²) in [6, 6.07) is 1.57. The Kier molecular flexibility index (Phi) is 5.29. The number of hydrogen-bond acceptors (Lipinski definition) is 8. The first-order chi connectivity index (χ1) is 15.3. The predicted molar refractivity (Wildman–Crippen MR) is 114 cm³/mol. The lowest BCUT2D eigenvalue weighted by Crippen LogP contribution is -2.74. The van der Waals surface area contributed by atoms with Gasteiger partial charge in [0.2, 0.25) is 5.91 Å². The van der Waals surface area contributed by atoms with Crippen LogP contribution >= 0.6 is 0 Å². The van der Waals surface area contributed by atoms with Gasteiger partial charge in [-0.05, 0) is 50.6 Å². The van der Waals surface area contributed by atoms with Crippen LogP contribution < -0.4 is 10.6 Å². The number of Topliss-reactive ketones (excluding diaryl/α,β-unsaturated/α-hetero) is 4. The Balaban J connectivity index is 1.89. The summed E-state index contributed by atoms with van der Waals surface area (Å²) in [6.07, 6.45) is 0.157. The molecule has 9 nitrogen and oxygen atoms in total. The van der Waals surface area contributed by atoms with Crippen LogP contribution in [0.2, 0.25) is 0 Å². The third kappa shape index (κ3) is 3.00. The van der Waals surface area contributed by atoms with Crippen LogP contribution in [0.15, 0.2) is 12.1 Å². The lowest BCUT2D eigenvalue weighted by molar-refractivity contribution is -0.181. The van der Waals surface area contributed by atoms with Gasteiger partial charge in [-0.2, -0.15) is 0 Å². The van der Waals surface area contributed by atoms with E-state index in [9.17, 15) is 33.5 Å². The highest BCUT2D eigenvalue weighted by molar-refractivity contribution is 6.32. The van der Waals surface area contributed by atoms with Crippen molar-refractivity contribution in [3.63, 3.8) is 0 Å². The number of primary amides is 1. The van der Waals surface area contributed by atoms with Gasteiger partial charge in [0.15, 0.2) is 34.7 Å². The molecule has 1 aromatic rings. The molecule has 0 spiro atoms. The SMILES string of the molecule is CN(C)c1ccc(F)c2c1CC1CC3C(N(C)C)C(=O)C(C(N)=O)C(=O)C3(O)C(=O)C1C2=O. The summed E-state index contributed by atoms with van der Waals surface area (Å²) >= 11 is 0. The molecule has 0 bridgehead atoms. The zero-order chi connectivity index (χ0) is 24.6. The number of benzene rings is 1. The first kappa shape index (κ1) is 23.2. The molecule has 3 N–H and O–H groups in total. The Morgan fingerprint density at radius 3 is 2.30 bits per heavy atom. The lowest BCUT2D eigenvalue weighted by Gasteiger charge is -2.52. The molecule has 0 aliphatic heterocycles. The molecule has 0 aromatic heterocycles. The van der Waals surface area contributed by atoms with E-state index in [0.717, 1.165) is 6.07 Å². The van der Waals surface area contributed by atoms with Crippen molar-refractivity contribution in [3.8, 4) is 0 Å². The molecule has 1 aromatic carbocycles. The lowest BCUT2D eigenvalue weighted by atomic mass is 9.52. The molecule has 4 rings (SSSR count). The first-order valence-corrected chi connectivity index (χ1v) is 10.7. The van der Waals surface area contributed by atoms with Gasteiger partial charge in [-0.15, -0.1) is 0 Å². The van der Waals surface area contributed by atoms with E-state index in [1.165, 1.54) is 19.0 Å². The van der Waals surface area contributed by atoms with E-state index in [1.54, 1.807) is 25.1 Å².